The maximum Gasteiger partial charge on any atom is 0.134 e. The van der Waals surface area contributed by atoms with Gasteiger partial charge in [-0.15, -0.1) is 0 Å². The summed E-state index contributed by atoms with van der Waals surface area (Å²) in [5, 5.41) is 3.38. The first kappa shape index (κ1) is 14.4. The lowest BCUT2D eigenvalue weighted by molar-refractivity contribution is 0.506. The highest BCUT2D eigenvalue weighted by molar-refractivity contribution is 9.10. The minimum Gasteiger partial charge on any atom is -0.357 e. The number of fused-ring (bicyclic) bond motifs is 3. The average molecular weight is 369 g/mol. The second-order valence-electron chi connectivity index (χ2n) is 5.50. The maximum absolute atomic E-state index is 5.85. The molecule has 0 saturated carbocycles. The third-order valence-electron chi connectivity index (χ3n) is 4.08. The predicted molar refractivity (Wildman–Crippen MR) is 98.5 cm³/mol. The predicted octanol–water partition coefficient (Wildman–Crippen LogP) is 3.75. The number of nitrogens with one attached hydrogen (secondary N) is 1. The number of benzene rings is 2. The summed E-state index contributed by atoms with van der Waals surface area (Å²) in [7, 11) is 0. The molecule has 2 aliphatic rings. The Labute approximate surface area is 144 Å². The molecule has 0 atom stereocenters. The molecule has 116 valence electrons. The van der Waals surface area contributed by atoms with Gasteiger partial charge in [0.1, 0.15) is 5.82 Å². The summed E-state index contributed by atoms with van der Waals surface area (Å²) in [6.07, 6.45) is 4.23. The van der Waals surface area contributed by atoms with Crippen LogP contribution in [0.1, 0.15) is 5.56 Å². The van der Waals surface area contributed by atoms with Crippen molar-refractivity contribution in [1.82, 2.24) is 4.90 Å². The zero-order chi connectivity index (χ0) is 15.8. The van der Waals surface area contributed by atoms with Crippen LogP contribution >= 0.6 is 15.9 Å². The van der Waals surface area contributed by atoms with Crippen molar-refractivity contribution >= 4 is 33.0 Å². The zero-order valence-corrected chi connectivity index (χ0v) is 14.1. The van der Waals surface area contributed by atoms with Crippen molar-refractivity contribution in [3.05, 3.63) is 76.8 Å². The molecule has 0 aromatic heterocycles. The van der Waals surface area contributed by atoms with E-state index in [0.717, 1.165) is 33.9 Å². The van der Waals surface area contributed by atoms with Crippen molar-refractivity contribution < 1.29 is 0 Å². The lowest BCUT2D eigenvalue weighted by atomic mass is 10.1. The summed E-state index contributed by atoms with van der Waals surface area (Å²) < 4.78 is 1.08. The fourth-order valence-electron chi connectivity index (χ4n) is 3.02. The van der Waals surface area contributed by atoms with E-state index < -0.39 is 0 Å². The zero-order valence-electron chi connectivity index (χ0n) is 12.5. The Morgan fingerprint density at radius 2 is 1.83 bits per heavy atom. The average Bonchev–Trinajstić information content (AvgIpc) is 2.95. The molecule has 5 heteroatoms. The SMILES string of the molecule is NCCN1C(c2ccc(Br)cc2)=CN2C1=CNc1ccccc12. The number of para-hydroxylation sites is 2. The van der Waals surface area contributed by atoms with Crippen LogP contribution in [-0.4, -0.2) is 18.0 Å². The van der Waals surface area contributed by atoms with Gasteiger partial charge in [0, 0.05) is 30.0 Å². The Bertz CT molecular complexity index is 795. The molecule has 0 spiro atoms. The van der Waals surface area contributed by atoms with Crippen molar-refractivity contribution in [2.75, 3.05) is 23.3 Å². The Kier molecular flexibility index (Phi) is 3.59. The number of anilines is 2. The minimum absolute atomic E-state index is 0.598. The lowest BCUT2D eigenvalue weighted by Crippen LogP contribution is -2.31. The summed E-state index contributed by atoms with van der Waals surface area (Å²) in [5.41, 5.74) is 10.4. The molecular formula is C18H17BrN4. The van der Waals surface area contributed by atoms with E-state index in [1.54, 1.807) is 0 Å². The Balaban J connectivity index is 1.80. The van der Waals surface area contributed by atoms with E-state index in [1.807, 2.05) is 12.3 Å². The number of halogens is 1. The largest absolute Gasteiger partial charge is 0.357 e. The first-order valence-corrected chi connectivity index (χ1v) is 8.37. The van der Waals surface area contributed by atoms with Crippen molar-refractivity contribution in [2.24, 2.45) is 5.73 Å². The summed E-state index contributed by atoms with van der Waals surface area (Å²) in [6.45, 7) is 1.37. The standard InChI is InChI=1S/C18H17BrN4/c19-14-7-5-13(6-8-14)17-12-23-16-4-2-1-3-15(16)21-11-18(23)22(17)10-9-20/h1-8,11-12,21H,9-10,20H2. The van der Waals surface area contributed by atoms with Crippen LogP contribution in [0.25, 0.3) is 5.70 Å². The van der Waals surface area contributed by atoms with Crippen molar-refractivity contribution in [3.63, 3.8) is 0 Å². The number of hydrogen-bond donors (Lipinski definition) is 2. The summed E-state index contributed by atoms with van der Waals surface area (Å²) in [6, 6.07) is 16.7. The fraction of sp³-hybridized carbons (Fsp3) is 0.111. The van der Waals surface area contributed by atoms with Gasteiger partial charge < -0.3 is 16.0 Å². The fourth-order valence-corrected chi connectivity index (χ4v) is 3.28. The van der Waals surface area contributed by atoms with Crippen LogP contribution in [0.4, 0.5) is 11.4 Å². The molecule has 0 radical (unpaired) electrons. The van der Waals surface area contributed by atoms with Gasteiger partial charge in [-0.25, -0.2) is 0 Å². The molecule has 0 bridgehead atoms. The van der Waals surface area contributed by atoms with Gasteiger partial charge in [0.05, 0.1) is 17.1 Å². The number of nitrogens with two attached hydrogens (primary N) is 1. The Hall–Kier alpha value is -2.24. The van der Waals surface area contributed by atoms with E-state index in [0.29, 0.717) is 6.54 Å². The molecule has 3 N–H and O–H groups in total. The number of nitrogens with zero attached hydrogens (tertiary/aromatic N) is 2. The molecule has 0 unspecified atom stereocenters. The van der Waals surface area contributed by atoms with Gasteiger partial charge in [-0.2, -0.15) is 0 Å². The van der Waals surface area contributed by atoms with E-state index in [1.165, 1.54) is 5.56 Å². The van der Waals surface area contributed by atoms with Crippen LogP contribution < -0.4 is 16.0 Å². The van der Waals surface area contributed by atoms with Gasteiger partial charge in [-0.05, 0) is 29.8 Å². The summed E-state index contributed by atoms with van der Waals surface area (Å²) in [5.74, 6) is 1.10. The van der Waals surface area contributed by atoms with E-state index in [9.17, 15) is 0 Å². The lowest BCUT2D eigenvalue weighted by Gasteiger charge is -2.31. The molecule has 2 aromatic carbocycles. The number of rotatable bonds is 3. The van der Waals surface area contributed by atoms with Gasteiger partial charge in [-0.3, -0.25) is 4.90 Å². The molecule has 2 aliphatic heterocycles. The molecule has 0 amide bonds. The molecule has 2 heterocycles. The third kappa shape index (κ3) is 2.42. The third-order valence-corrected chi connectivity index (χ3v) is 4.61. The topological polar surface area (TPSA) is 44.5 Å². The van der Waals surface area contributed by atoms with Gasteiger partial charge in [0.25, 0.3) is 0 Å². The second kappa shape index (κ2) is 5.76. The highest BCUT2D eigenvalue weighted by Gasteiger charge is 2.31. The van der Waals surface area contributed by atoms with E-state index in [2.05, 4.69) is 79.7 Å². The molecule has 0 fully saturated rings. The first-order chi connectivity index (χ1) is 11.3. The summed E-state index contributed by atoms with van der Waals surface area (Å²) >= 11 is 3.50. The van der Waals surface area contributed by atoms with Crippen LogP contribution in [0.15, 0.2) is 71.2 Å². The second-order valence-corrected chi connectivity index (χ2v) is 6.41. The van der Waals surface area contributed by atoms with Crippen LogP contribution in [-0.2, 0) is 0 Å². The van der Waals surface area contributed by atoms with Gasteiger partial charge in [0.15, 0.2) is 0 Å². The van der Waals surface area contributed by atoms with E-state index >= 15 is 0 Å². The van der Waals surface area contributed by atoms with E-state index in [4.69, 9.17) is 5.73 Å². The van der Waals surface area contributed by atoms with Crippen molar-refractivity contribution in [3.8, 4) is 0 Å². The van der Waals surface area contributed by atoms with Gasteiger partial charge in [-0.1, -0.05) is 40.2 Å². The smallest absolute Gasteiger partial charge is 0.134 e. The van der Waals surface area contributed by atoms with Crippen molar-refractivity contribution in [1.29, 1.82) is 0 Å². The van der Waals surface area contributed by atoms with Gasteiger partial charge in [0.2, 0.25) is 0 Å². The van der Waals surface area contributed by atoms with Gasteiger partial charge >= 0.3 is 0 Å². The molecular weight excluding hydrogens is 352 g/mol. The van der Waals surface area contributed by atoms with Crippen LogP contribution in [0.5, 0.6) is 0 Å². The maximum atomic E-state index is 5.85. The number of hydrogen-bond acceptors (Lipinski definition) is 4. The van der Waals surface area contributed by atoms with Crippen LogP contribution in [0.2, 0.25) is 0 Å². The Morgan fingerprint density at radius 1 is 1.04 bits per heavy atom. The molecule has 0 aliphatic carbocycles. The van der Waals surface area contributed by atoms with Crippen LogP contribution in [0, 0.1) is 0 Å². The molecule has 0 saturated heterocycles. The normalized spacial score (nSPS) is 15.6. The van der Waals surface area contributed by atoms with Crippen LogP contribution in [0.3, 0.4) is 0 Å². The van der Waals surface area contributed by atoms with E-state index in [-0.39, 0.29) is 0 Å². The molecule has 4 rings (SSSR count). The Morgan fingerprint density at radius 3 is 2.61 bits per heavy atom. The molecule has 23 heavy (non-hydrogen) atoms. The highest BCUT2D eigenvalue weighted by Crippen LogP contribution is 2.41. The quantitative estimate of drug-likeness (QED) is 0.865. The molecule has 2 aromatic rings. The minimum atomic E-state index is 0.598. The monoisotopic (exact) mass is 368 g/mol. The summed E-state index contributed by atoms with van der Waals surface area (Å²) in [4.78, 5) is 4.48. The van der Waals surface area contributed by atoms with Crippen molar-refractivity contribution in [2.45, 2.75) is 0 Å². The first-order valence-electron chi connectivity index (χ1n) is 7.58. The highest BCUT2D eigenvalue weighted by atomic mass is 79.9. The molecule has 4 nitrogen and oxygen atoms in total.